The zero-order valence-electron chi connectivity index (χ0n) is 10.9. The Morgan fingerprint density at radius 1 is 1.16 bits per heavy atom. The normalized spacial score (nSPS) is 10.3. The summed E-state index contributed by atoms with van der Waals surface area (Å²) in [5, 5.41) is 0. The Balaban J connectivity index is 2.20. The van der Waals surface area contributed by atoms with Gasteiger partial charge in [-0.2, -0.15) is 4.98 Å². The number of alkyl halides is 1. The number of aromatic nitrogens is 2. The Morgan fingerprint density at radius 3 is 2.68 bits per heavy atom. The fourth-order valence-electron chi connectivity index (χ4n) is 1.62. The summed E-state index contributed by atoms with van der Waals surface area (Å²) in [7, 11) is 0. The van der Waals surface area contributed by atoms with Crippen LogP contribution in [-0.4, -0.2) is 16.6 Å². The van der Waals surface area contributed by atoms with Gasteiger partial charge in [0.05, 0.1) is 18.2 Å². The van der Waals surface area contributed by atoms with E-state index in [1.165, 1.54) is 0 Å². The molecule has 0 saturated carbocycles. The molecule has 19 heavy (non-hydrogen) atoms. The quantitative estimate of drug-likeness (QED) is 0.782. The Kier molecular flexibility index (Phi) is 4.58. The van der Waals surface area contributed by atoms with Crippen LogP contribution in [0, 0.1) is 6.92 Å². The van der Waals surface area contributed by atoms with Gasteiger partial charge >= 0.3 is 6.01 Å². The van der Waals surface area contributed by atoms with Crippen molar-refractivity contribution in [2.24, 2.45) is 0 Å². The third-order valence-electron chi connectivity index (χ3n) is 2.35. The monoisotopic (exact) mass is 278 g/mol. The van der Waals surface area contributed by atoms with Crippen LogP contribution >= 0.6 is 11.6 Å². The first kappa shape index (κ1) is 13.6. The van der Waals surface area contributed by atoms with E-state index in [9.17, 15) is 0 Å². The van der Waals surface area contributed by atoms with Gasteiger partial charge in [0.1, 0.15) is 11.5 Å². The number of rotatable bonds is 5. The summed E-state index contributed by atoms with van der Waals surface area (Å²) in [5.74, 6) is 1.72. The molecule has 5 heteroatoms. The molecule has 0 amide bonds. The van der Waals surface area contributed by atoms with Crippen LogP contribution in [0.15, 0.2) is 30.3 Å². The molecule has 0 aliphatic heterocycles. The average Bonchev–Trinajstić information content (AvgIpc) is 2.39. The Morgan fingerprint density at radius 2 is 1.95 bits per heavy atom. The second-order valence-electron chi connectivity index (χ2n) is 3.93. The number of benzene rings is 1. The van der Waals surface area contributed by atoms with Gasteiger partial charge in [-0.15, -0.1) is 11.6 Å². The molecule has 0 atom stereocenters. The van der Waals surface area contributed by atoms with Crippen molar-refractivity contribution in [1.82, 2.24) is 9.97 Å². The minimum absolute atomic E-state index is 0.296. The molecule has 0 fully saturated rings. The van der Waals surface area contributed by atoms with E-state index in [0.717, 1.165) is 17.1 Å². The molecule has 0 saturated heterocycles. The van der Waals surface area contributed by atoms with Crippen LogP contribution in [0.1, 0.15) is 18.3 Å². The molecule has 0 unspecified atom stereocenters. The number of aryl methyl sites for hydroxylation is 1. The van der Waals surface area contributed by atoms with E-state index in [1.54, 1.807) is 6.07 Å². The molecule has 100 valence electrons. The van der Waals surface area contributed by atoms with E-state index >= 15 is 0 Å². The molecule has 1 aromatic carbocycles. The molecular formula is C14H15ClN2O2. The van der Waals surface area contributed by atoms with Gasteiger partial charge in [-0.05, 0) is 32.0 Å². The summed E-state index contributed by atoms with van der Waals surface area (Å²) in [5.41, 5.74) is 1.56. The Hall–Kier alpha value is -1.81. The van der Waals surface area contributed by atoms with Crippen molar-refractivity contribution in [3.8, 4) is 17.5 Å². The highest BCUT2D eigenvalue weighted by Gasteiger charge is 2.05. The maximum absolute atomic E-state index is 5.77. The van der Waals surface area contributed by atoms with Crippen molar-refractivity contribution in [1.29, 1.82) is 0 Å². The molecule has 0 radical (unpaired) electrons. The van der Waals surface area contributed by atoms with Crippen LogP contribution in [0.4, 0.5) is 0 Å². The van der Waals surface area contributed by atoms with Crippen molar-refractivity contribution in [2.45, 2.75) is 19.7 Å². The summed E-state index contributed by atoms with van der Waals surface area (Å²) >= 11 is 5.77. The standard InChI is InChI=1S/C14H15ClN2O2/c1-3-18-12-5-4-6-13(8-12)19-14-16-10(2)7-11(9-15)17-14/h4-8H,3,9H2,1-2H3. The second kappa shape index (κ2) is 6.38. The molecule has 1 aromatic heterocycles. The van der Waals surface area contributed by atoms with Gasteiger partial charge < -0.3 is 9.47 Å². The molecule has 2 rings (SSSR count). The van der Waals surface area contributed by atoms with Crippen LogP contribution in [-0.2, 0) is 5.88 Å². The third-order valence-corrected chi connectivity index (χ3v) is 2.62. The lowest BCUT2D eigenvalue weighted by Gasteiger charge is -2.08. The molecule has 1 heterocycles. The smallest absolute Gasteiger partial charge is 0.322 e. The molecule has 0 aliphatic carbocycles. The summed E-state index contributed by atoms with van der Waals surface area (Å²) in [6.45, 7) is 4.42. The number of ether oxygens (including phenoxy) is 2. The molecule has 0 aliphatic rings. The zero-order chi connectivity index (χ0) is 13.7. The summed E-state index contributed by atoms with van der Waals surface area (Å²) in [6, 6.07) is 9.49. The maximum Gasteiger partial charge on any atom is 0.322 e. The first-order valence-corrected chi connectivity index (χ1v) is 6.56. The van der Waals surface area contributed by atoms with Crippen molar-refractivity contribution < 1.29 is 9.47 Å². The van der Waals surface area contributed by atoms with Crippen LogP contribution in [0.3, 0.4) is 0 Å². The van der Waals surface area contributed by atoms with E-state index < -0.39 is 0 Å². The first-order valence-electron chi connectivity index (χ1n) is 6.02. The fourth-order valence-corrected chi connectivity index (χ4v) is 1.75. The number of hydrogen-bond donors (Lipinski definition) is 0. The first-order chi connectivity index (χ1) is 9.21. The van der Waals surface area contributed by atoms with Gasteiger partial charge in [0.2, 0.25) is 0 Å². The molecular weight excluding hydrogens is 264 g/mol. The minimum atomic E-state index is 0.296. The predicted octanol–water partition coefficient (Wildman–Crippen LogP) is 3.71. The van der Waals surface area contributed by atoms with Gasteiger partial charge in [0.15, 0.2) is 0 Å². The molecule has 0 bridgehead atoms. The third kappa shape index (κ3) is 3.83. The fraction of sp³-hybridized carbons (Fsp3) is 0.286. The van der Waals surface area contributed by atoms with Crippen molar-refractivity contribution in [3.63, 3.8) is 0 Å². The van der Waals surface area contributed by atoms with Gasteiger partial charge in [-0.25, -0.2) is 4.98 Å². The van der Waals surface area contributed by atoms with E-state index in [0.29, 0.717) is 24.2 Å². The highest BCUT2D eigenvalue weighted by atomic mass is 35.5. The van der Waals surface area contributed by atoms with E-state index in [1.807, 2.05) is 38.1 Å². The lowest BCUT2D eigenvalue weighted by Crippen LogP contribution is -1.98. The van der Waals surface area contributed by atoms with Crippen LogP contribution < -0.4 is 9.47 Å². The van der Waals surface area contributed by atoms with Crippen LogP contribution in [0.5, 0.6) is 17.5 Å². The average molecular weight is 279 g/mol. The molecule has 0 N–H and O–H groups in total. The Bertz CT molecular complexity index is 561. The molecule has 4 nitrogen and oxygen atoms in total. The second-order valence-corrected chi connectivity index (χ2v) is 4.19. The predicted molar refractivity (Wildman–Crippen MR) is 74.0 cm³/mol. The SMILES string of the molecule is CCOc1cccc(Oc2nc(C)cc(CCl)n2)c1. The summed E-state index contributed by atoms with van der Waals surface area (Å²) in [4.78, 5) is 8.44. The largest absolute Gasteiger partial charge is 0.494 e. The number of hydrogen-bond acceptors (Lipinski definition) is 4. The topological polar surface area (TPSA) is 44.2 Å². The van der Waals surface area contributed by atoms with Crippen molar-refractivity contribution in [3.05, 3.63) is 41.7 Å². The lowest BCUT2D eigenvalue weighted by atomic mass is 10.3. The van der Waals surface area contributed by atoms with E-state index in [4.69, 9.17) is 21.1 Å². The molecule has 0 spiro atoms. The van der Waals surface area contributed by atoms with Crippen molar-refractivity contribution >= 4 is 11.6 Å². The van der Waals surface area contributed by atoms with Gasteiger partial charge in [0, 0.05) is 11.8 Å². The number of nitrogens with zero attached hydrogens (tertiary/aromatic N) is 2. The van der Waals surface area contributed by atoms with Crippen LogP contribution in [0.25, 0.3) is 0 Å². The van der Waals surface area contributed by atoms with E-state index in [-0.39, 0.29) is 0 Å². The highest BCUT2D eigenvalue weighted by Crippen LogP contribution is 2.23. The summed E-state index contributed by atoms with van der Waals surface area (Å²) < 4.78 is 11.0. The van der Waals surface area contributed by atoms with Crippen LogP contribution in [0.2, 0.25) is 0 Å². The van der Waals surface area contributed by atoms with Gasteiger partial charge in [0.25, 0.3) is 0 Å². The minimum Gasteiger partial charge on any atom is -0.494 e. The van der Waals surface area contributed by atoms with Gasteiger partial charge in [-0.3, -0.25) is 0 Å². The highest BCUT2D eigenvalue weighted by molar-refractivity contribution is 6.16. The molecule has 2 aromatic rings. The summed E-state index contributed by atoms with van der Waals surface area (Å²) in [6.07, 6.45) is 0. The van der Waals surface area contributed by atoms with Crippen molar-refractivity contribution in [2.75, 3.05) is 6.61 Å². The Labute approximate surface area is 117 Å². The zero-order valence-corrected chi connectivity index (χ0v) is 11.6. The maximum atomic E-state index is 5.77. The van der Waals surface area contributed by atoms with E-state index in [2.05, 4.69) is 9.97 Å². The van der Waals surface area contributed by atoms with Gasteiger partial charge in [-0.1, -0.05) is 6.07 Å². The lowest BCUT2D eigenvalue weighted by molar-refractivity contribution is 0.337. The number of halogens is 1.